The molecule has 1 aromatic rings. The Bertz CT molecular complexity index is 443. The fraction of sp³-hybridized carbons (Fsp3) is 0.429. The Labute approximate surface area is 118 Å². The lowest BCUT2D eigenvalue weighted by Crippen LogP contribution is -2.43. The second-order valence-corrected chi connectivity index (χ2v) is 5.01. The van der Waals surface area contributed by atoms with Gasteiger partial charge in [-0.3, -0.25) is 4.79 Å². The van der Waals surface area contributed by atoms with E-state index in [4.69, 9.17) is 16.3 Å². The van der Waals surface area contributed by atoms with Gasteiger partial charge in [-0.05, 0) is 31.5 Å². The van der Waals surface area contributed by atoms with Crippen LogP contribution in [-0.2, 0) is 20.7 Å². The molecule has 0 heterocycles. The Balaban J connectivity index is 2.76. The van der Waals surface area contributed by atoms with Crippen molar-refractivity contribution in [1.29, 1.82) is 0 Å². The van der Waals surface area contributed by atoms with Gasteiger partial charge in [0, 0.05) is 18.4 Å². The molecular weight excluding hydrogens is 266 g/mol. The van der Waals surface area contributed by atoms with Gasteiger partial charge >= 0.3 is 5.97 Å². The van der Waals surface area contributed by atoms with Gasteiger partial charge in [-0.25, -0.2) is 4.79 Å². The fourth-order valence-electron chi connectivity index (χ4n) is 1.61. The molecule has 1 atom stereocenters. The molecule has 1 amide bonds. The molecule has 0 saturated heterocycles. The monoisotopic (exact) mass is 283 g/mol. The van der Waals surface area contributed by atoms with Crippen LogP contribution in [0.25, 0.3) is 0 Å². The van der Waals surface area contributed by atoms with Crippen LogP contribution in [-0.4, -0.2) is 24.0 Å². The molecule has 0 fully saturated rings. The van der Waals surface area contributed by atoms with E-state index in [2.05, 4.69) is 5.32 Å². The first-order valence-electron chi connectivity index (χ1n) is 6.10. The molecule has 1 N–H and O–H groups in total. The van der Waals surface area contributed by atoms with Gasteiger partial charge in [-0.2, -0.15) is 0 Å². The summed E-state index contributed by atoms with van der Waals surface area (Å²) < 4.78 is 5.13. The first-order chi connectivity index (χ1) is 8.88. The summed E-state index contributed by atoms with van der Waals surface area (Å²) in [5.41, 5.74) is 0.906. The lowest BCUT2D eigenvalue weighted by molar-refractivity contribution is -0.151. The standard InChI is InChI=1S/C14H18ClNO3/c1-9(2)19-14(18)13(16-10(3)17)8-11-4-6-12(15)7-5-11/h4-7,9,13H,8H2,1-3H3,(H,16,17). The van der Waals surface area contributed by atoms with Crippen molar-refractivity contribution >= 4 is 23.5 Å². The maximum Gasteiger partial charge on any atom is 0.329 e. The Hall–Kier alpha value is -1.55. The van der Waals surface area contributed by atoms with Crippen molar-refractivity contribution < 1.29 is 14.3 Å². The predicted molar refractivity (Wildman–Crippen MR) is 74.0 cm³/mol. The van der Waals surface area contributed by atoms with Crippen LogP contribution in [0.3, 0.4) is 0 Å². The van der Waals surface area contributed by atoms with E-state index in [0.29, 0.717) is 11.4 Å². The number of benzene rings is 1. The van der Waals surface area contributed by atoms with Crippen LogP contribution in [0.15, 0.2) is 24.3 Å². The highest BCUT2D eigenvalue weighted by molar-refractivity contribution is 6.30. The number of ether oxygens (including phenoxy) is 1. The molecule has 0 aromatic heterocycles. The van der Waals surface area contributed by atoms with E-state index in [0.717, 1.165) is 5.56 Å². The largest absolute Gasteiger partial charge is 0.461 e. The van der Waals surface area contributed by atoms with E-state index in [-0.39, 0.29) is 12.0 Å². The summed E-state index contributed by atoms with van der Waals surface area (Å²) in [5, 5.41) is 3.23. The van der Waals surface area contributed by atoms with Crippen molar-refractivity contribution in [3.8, 4) is 0 Å². The van der Waals surface area contributed by atoms with Crippen molar-refractivity contribution in [2.75, 3.05) is 0 Å². The smallest absolute Gasteiger partial charge is 0.329 e. The van der Waals surface area contributed by atoms with Gasteiger partial charge in [0.1, 0.15) is 6.04 Å². The van der Waals surface area contributed by atoms with Gasteiger partial charge in [-0.15, -0.1) is 0 Å². The zero-order valence-corrected chi connectivity index (χ0v) is 12.0. The average Bonchev–Trinajstić information content (AvgIpc) is 2.29. The van der Waals surface area contributed by atoms with Gasteiger partial charge in [0.15, 0.2) is 0 Å². The zero-order chi connectivity index (χ0) is 14.4. The summed E-state index contributed by atoms with van der Waals surface area (Å²) >= 11 is 5.80. The Morgan fingerprint density at radius 2 is 1.84 bits per heavy atom. The molecule has 104 valence electrons. The predicted octanol–water partition coefficient (Wildman–Crippen LogP) is 2.34. The van der Waals surface area contributed by atoms with Crippen molar-refractivity contribution in [3.63, 3.8) is 0 Å². The SMILES string of the molecule is CC(=O)NC(Cc1ccc(Cl)cc1)C(=O)OC(C)C. The van der Waals surface area contributed by atoms with Gasteiger partial charge in [-0.1, -0.05) is 23.7 Å². The first kappa shape index (κ1) is 15.5. The molecule has 1 aromatic carbocycles. The van der Waals surface area contributed by atoms with Crippen LogP contribution in [0.1, 0.15) is 26.3 Å². The Morgan fingerprint density at radius 3 is 2.32 bits per heavy atom. The highest BCUT2D eigenvalue weighted by Crippen LogP contribution is 2.12. The third-order valence-corrected chi connectivity index (χ3v) is 2.62. The highest BCUT2D eigenvalue weighted by atomic mass is 35.5. The number of hydrogen-bond donors (Lipinski definition) is 1. The van der Waals surface area contributed by atoms with Crippen LogP contribution in [0, 0.1) is 0 Å². The molecule has 0 radical (unpaired) electrons. The van der Waals surface area contributed by atoms with Gasteiger partial charge in [0.2, 0.25) is 5.91 Å². The van der Waals surface area contributed by atoms with Crippen molar-refractivity contribution in [1.82, 2.24) is 5.32 Å². The number of esters is 1. The maximum absolute atomic E-state index is 11.9. The first-order valence-corrected chi connectivity index (χ1v) is 6.48. The summed E-state index contributed by atoms with van der Waals surface area (Å²) in [7, 11) is 0. The number of carbonyl (C=O) groups is 2. The van der Waals surface area contributed by atoms with Crippen LogP contribution in [0.4, 0.5) is 0 Å². The summed E-state index contributed by atoms with van der Waals surface area (Å²) in [6, 6.07) is 6.45. The number of hydrogen-bond acceptors (Lipinski definition) is 3. The van der Waals surface area contributed by atoms with E-state index < -0.39 is 12.0 Å². The van der Waals surface area contributed by atoms with Crippen LogP contribution >= 0.6 is 11.6 Å². The van der Waals surface area contributed by atoms with Crippen LogP contribution in [0.2, 0.25) is 5.02 Å². The van der Waals surface area contributed by atoms with Gasteiger partial charge < -0.3 is 10.1 Å². The summed E-state index contributed by atoms with van der Waals surface area (Å²) in [6.07, 6.45) is 0.163. The molecule has 0 saturated carbocycles. The number of rotatable bonds is 5. The number of halogens is 1. The summed E-state index contributed by atoms with van der Waals surface area (Å²) in [5.74, 6) is -0.695. The molecule has 5 heteroatoms. The van der Waals surface area contributed by atoms with Gasteiger partial charge in [0.05, 0.1) is 6.10 Å². The third-order valence-electron chi connectivity index (χ3n) is 2.37. The quantitative estimate of drug-likeness (QED) is 0.844. The minimum absolute atomic E-state index is 0.214. The Morgan fingerprint density at radius 1 is 1.26 bits per heavy atom. The van der Waals surface area contributed by atoms with Crippen LogP contribution < -0.4 is 5.32 Å². The lowest BCUT2D eigenvalue weighted by Gasteiger charge is -2.18. The zero-order valence-electron chi connectivity index (χ0n) is 11.3. The normalized spacial score (nSPS) is 12.1. The highest BCUT2D eigenvalue weighted by Gasteiger charge is 2.22. The van der Waals surface area contributed by atoms with Crippen molar-refractivity contribution in [2.45, 2.75) is 39.3 Å². The molecule has 4 nitrogen and oxygen atoms in total. The number of carbonyl (C=O) groups excluding carboxylic acids is 2. The molecule has 19 heavy (non-hydrogen) atoms. The van der Waals surface area contributed by atoms with E-state index in [1.807, 2.05) is 12.1 Å². The van der Waals surface area contributed by atoms with E-state index in [9.17, 15) is 9.59 Å². The molecular formula is C14H18ClNO3. The minimum Gasteiger partial charge on any atom is -0.461 e. The van der Waals surface area contributed by atoms with Gasteiger partial charge in [0.25, 0.3) is 0 Å². The molecule has 0 aliphatic carbocycles. The second-order valence-electron chi connectivity index (χ2n) is 4.57. The molecule has 1 rings (SSSR count). The Kier molecular flexibility index (Phi) is 5.83. The molecule has 0 aliphatic rings. The number of amides is 1. The van der Waals surface area contributed by atoms with E-state index >= 15 is 0 Å². The molecule has 1 unspecified atom stereocenters. The summed E-state index contributed by atoms with van der Waals surface area (Å²) in [6.45, 7) is 4.91. The molecule has 0 spiro atoms. The van der Waals surface area contributed by atoms with Crippen molar-refractivity contribution in [3.05, 3.63) is 34.9 Å². The molecule has 0 bridgehead atoms. The topological polar surface area (TPSA) is 55.4 Å². The maximum atomic E-state index is 11.9. The third kappa shape index (κ3) is 5.75. The van der Waals surface area contributed by atoms with E-state index in [1.54, 1.807) is 26.0 Å². The fourth-order valence-corrected chi connectivity index (χ4v) is 1.74. The number of nitrogens with one attached hydrogen (secondary N) is 1. The van der Waals surface area contributed by atoms with Crippen molar-refractivity contribution in [2.24, 2.45) is 0 Å². The summed E-state index contributed by atoms with van der Waals surface area (Å²) in [4.78, 5) is 23.0. The second kappa shape index (κ2) is 7.14. The van der Waals surface area contributed by atoms with Crippen LogP contribution in [0.5, 0.6) is 0 Å². The average molecular weight is 284 g/mol. The lowest BCUT2D eigenvalue weighted by atomic mass is 10.1. The van der Waals surface area contributed by atoms with E-state index in [1.165, 1.54) is 6.92 Å². The molecule has 0 aliphatic heterocycles. The minimum atomic E-state index is -0.680.